The minimum Gasteiger partial charge on any atom is -0.322 e. The van der Waals surface area contributed by atoms with Crippen molar-refractivity contribution >= 4 is 11.7 Å². The van der Waals surface area contributed by atoms with Gasteiger partial charge in [0.25, 0.3) is 0 Å². The van der Waals surface area contributed by atoms with E-state index in [2.05, 4.69) is 36.0 Å². The molecule has 6 heteroatoms. The van der Waals surface area contributed by atoms with E-state index in [9.17, 15) is 9.18 Å². The topological polar surface area (TPSA) is 38.8 Å². The lowest BCUT2D eigenvalue weighted by molar-refractivity contribution is -0.0481. The van der Waals surface area contributed by atoms with Crippen LogP contribution >= 0.6 is 0 Å². The summed E-state index contributed by atoms with van der Waals surface area (Å²) in [6.07, 6.45) is 0. The number of halogens is 1. The van der Waals surface area contributed by atoms with Gasteiger partial charge in [0, 0.05) is 50.0 Å². The average Bonchev–Trinajstić information content (AvgIpc) is 2.48. The van der Waals surface area contributed by atoms with Crippen LogP contribution in [0, 0.1) is 5.82 Å². The van der Waals surface area contributed by atoms with Crippen LogP contribution in [0.5, 0.6) is 0 Å². The second kappa shape index (κ2) is 6.09. The van der Waals surface area contributed by atoms with Crippen molar-refractivity contribution in [1.82, 2.24) is 14.7 Å². The number of carbonyl (C=O) groups excluding carboxylic acids is 1. The zero-order valence-electron chi connectivity index (χ0n) is 14.1. The van der Waals surface area contributed by atoms with Crippen molar-refractivity contribution in [2.24, 2.45) is 0 Å². The highest BCUT2D eigenvalue weighted by Crippen LogP contribution is 2.27. The summed E-state index contributed by atoms with van der Waals surface area (Å²) < 4.78 is 12.9. The van der Waals surface area contributed by atoms with Crippen LogP contribution in [0.25, 0.3) is 0 Å². The molecule has 0 aliphatic carbocycles. The van der Waals surface area contributed by atoms with Crippen LogP contribution < -0.4 is 5.32 Å². The predicted molar refractivity (Wildman–Crippen MR) is 89.1 cm³/mol. The molecule has 0 aromatic heterocycles. The van der Waals surface area contributed by atoms with Gasteiger partial charge < -0.3 is 15.1 Å². The van der Waals surface area contributed by atoms with Gasteiger partial charge in [0.2, 0.25) is 0 Å². The summed E-state index contributed by atoms with van der Waals surface area (Å²) >= 11 is 0. The monoisotopic (exact) mass is 320 g/mol. The fourth-order valence-electron chi connectivity index (χ4n) is 3.90. The van der Waals surface area contributed by atoms with E-state index < -0.39 is 0 Å². The van der Waals surface area contributed by atoms with Gasteiger partial charge in [0.15, 0.2) is 0 Å². The molecule has 126 valence electrons. The molecule has 1 aromatic rings. The van der Waals surface area contributed by atoms with Crippen LogP contribution in [-0.4, -0.2) is 72.1 Å². The third kappa shape index (κ3) is 3.48. The molecule has 0 bridgehead atoms. The van der Waals surface area contributed by atoms with Gasteiger partial charge in [-0.2, -0.15) is 0 Å². The van der Waals surface area contributed by atoms with Crippen molar-refractivity contribution in [3.63, 3.8) is 0 Å². The first-order valence-electron chi connectivity index (χ1n) is 8.12. The summed E-state index contributed by atoms with van der Waals surface area (Å²) in [5, 5.41) is 2.85. The normalized spacial score (nSPS) is 25.0. The molecule has 1 aromatic carbocycles. The van der Waals surface area contributed by atoms with Crippen LogP contribution in [0.15, 0.2) is 24.3 Å². The fourth-order valence-corrected chi connectivity index (χ4v) is 3.90. The lowest BCUT2D eigenvalue weighted by Crippen LogP contribution is -2.69. The van der Waals surface area contributed by atoms with Gasteiger partial charge >= 0.3 is 6.03 Å². The van der Waals surface area contributed by atoms with E-state index >= 15 is 0 Å². The van der Waals surface area contributed by atoms with Crippen molar-refractivity contribution in [2.45, 2.75) is 25.4 Å². The number of benzene rings is 1. The number of anilines is 1. The lowest BCUT2D eigenvalue weighted by atomic mass is 9.93. The number of amides is 2. The number of hydrogen-bond donors (Lipinski definition) is 1. The highest BCUT2D eigenvalue weighted by Gasteiger charge is 2.42. The Hall–Kier alpha value is -1.66. The van der Waals surface area contributed by atoms with Crippen molar-refractivity contribution in [3.05, 3.63) is 30.1 Å². The molecule has 1 atom stereocenters. The molecule has 2 aliphatic heterocycles. The number of rotatable bonds is 1. The zero-order valence-corrected chi connectivity index (χ0v) is 14.1. The standard InChI is InChI=1S/C17H25FN4O/c1-17(2)12-20(3)10-15-11-21(8-9-22(15)17)16(23)19-14-6-4-13(18)5-7-14/h4-7,15H,8-12H2,1-3H3,(H,19,23)/t15-/m1/s1. The number of nitrogens with zero attached hydrogens (tertiary/aromatic N) is 3. The van der Waals surface area contributed by atoms with Gasteiger partial charge in [0.05, 0.1) is 0 Å². The Labute approximate surface area is 137 Å². The average molecular weight is 320 g/mol. The van der Waals surface area contributed by atoms with Crippen LogP contribution in [-0.2, 0) is 0 Å². The van der Waals surface area contributed by atoms with E-state index in [4.69, 9.17) is 0 Å². The van der Waals surface area contributed by atoms with Gasteiger partial charge in [0.1, 0.15) is 5.82 Å². The van der Waals surface area contributed by atoms with Crippen molar-refractivity contribution in [3.8, 4) is 0 Å². The Morgan fingerprint density at radius 1 is 1.22 bits per heavy atom. The van der Waals surface area contributed by atoms with Crippen molar-refractivity contribution in [2.75, 3.05) is 45.1 Å². The first-order chi connectivity index (χ1) is 10.8. The quantitative estimate of drug-likeness (QED) is 0.861. The molecule has 2 saturated heterocycles. The number of piperazine rings is 2. The number of carbonyl (C=O) groups is 1. The number of nitrogens with one attached hydrogen (secondary N) is 1. The summed E-state index contributed by atoms with van der Waals surface area (Å²) in [5.74, 6) is -0.302. The van der Waals surface area contributed by atoms with E-state index in [1.165, 1.54) is 12.1 Å². The minimum absolute atomic E-state index is 0.109. The molecule has 1 N–H and O–H groups in total. The Bertz CT molecular complexity index is 574. The van der Waals surface area contributed by atoms with Crippen LogP contribution in [0.3, 0.4) is 0 Å². The molecule has 2 fully saturated rings. The van der Waals surface area contributed by atoms with E-state index in [0.717, 1.165) is 32.7 Å². The van der Waals surface area contributed by atoms with E-state index in [0.29, 0.717) is 11.7 Å². The second-order valence-electron chi connectivity index (χ2n) is 7.24. The molecule has 2 heterocycles. The van der Waals surface area contributed by atoms with Gasteiger partial charge in [-0.15, -0.1) is 0 Å². The maximum absolute atomic E-state index is 12.9. The van der Waals surface area contributed by atoms with Gasteiger partial charge in [-0.25, -0.2) is 9.18 Å². The van der Waals surface area contributed by atoms with Crippen LogP contribution in [0.4, 0.5) is 14.9 Å². The molecule has 0 spiro atoms. The van der Waals surface area contributed by atoms with E-state index in [1.54, 1.807) is 12.1 Å². The first kappa shape index (κ1) is 16.2. The molecule has 0 saturated carbocycles. The largest absolute Gasteiger partial charge is 0.322 e. The summed E-state index contributed by atoms with van der Waals surface area (Å²) in [4.78, 5) is 19.2. The zero-order chi connectivity index (χ0) is 16.6. The lowest BCUT2D eigenvalue weighted by Gasteiger charge is -2.54. The highest BCUT2D eigenvalue weighted by molar-refractivity contribution is 5.89. The maximum Gasteiger partial charge on any atom is 0.321 e. The van der Waals surface area contributed by atoms with Crippen LogP contribution in [0.1, 0.15) is 13.8 Å². The van der Waals surface area contributed by atoms with Gasteiger partial charge in [-0.1, -0.05) is 0 Å². The van der Waals surface area contributed by atoms with Gasteiger partial charge in [-0.3, -0.25) is 4.90 Å². The molecule has 3 rings (SSSR count). The smallest absolute Gasteiger partial charge is 0.321 e. The Kier molecular flexibility index (Phi) is 4.29. The van der Waals surface area contributed by atoms with E-state index in [1.807, 2.05) is 4.90 Å². The Morgan fingerprint density at radius 3 is 2.61 bits per heavy atom. The molecular formula is C17H25FN4O. The second-order valence-corrected chi connectivity index (χ2v) is 7.24. The molecule has 2 amide bonds. The molecule has 0 unspecified atom stereocenters. The van der Waals surface area contributed by atoms with Crippen molar-refractivity contribution < 1.29 is 9.18 Å². The van der Waals surface area contributed by atoms with Crippen molar-refractivity contribution in [1.29, 1.82) is 0 Å². The SMILES string of the molecule is CN1C[C@@H]2CN(C(=O)Nc3ccc(F)cc3)CCN2C(C)(C)C1. The summed E-state index contributed by atoms with van der Waals surface area (Å²) in [6, 6.07) is 6.12. The molecule has 2 aliphatic rings. The summed E-state index contributed by atoms with van der Waals surface area (Å²) in [5.41, 5.74) is 0.761. The summed E-state index contributed by atoms with van der Waals surface area (Å²) in [7, 11) is 2.14. The number of fused-ring (bicyclic) bond motifs is 1. The van der Waals surface area contributed by atoms with Gasteiger partial charge in [-0.05, 0) is 45.2 Å². The first-order valence-corrected chi connectivity index (χ1v) is 8.12. The molecule has 23 heavy (non-hydrogen) atoms. The number of urea groups is 1. The highest BCUT2D eigenvalue weighted by atomic mass is 19.1. The fraction of sp³-hybridized carbons (Fsp3) is 0.588. The number of likely N-dealkylation sites (N-methyl/N-ethyl adjacent to an activating group) is 1. The molecule has 5 nitrogen and oxygen atoms in total. The predicted octanol–water partition coefficient (Wildman–Crippen LogP) is 2.07. The maximum atomic E-state index is 12.9. The molecular weight excluding hydrogens is 295 g/mol. The third-order valence-electron chi connectivity index (χ3n) is 4.82. The Balaban J connectivity index is 1.64. The molecule has 0 radical (unpaired) electrons. The van der Waals surface area contributed by atoms with Crippen LogP contribution in [0.2, 0.25) is 0 Å². The Morgan fingerprint density at radius 2 is 1.91 bits per heavy atom. The minimum atomic E-state index is -0.302. The third-order valence-corrected chi connectivity index (χ3v) is 4.82. The van der Waals surface area contributed by atoms with E-state index in [-0.39, 0.29) is 17.4 Å². The number of hydrogen-bond acceptors (Lipinski definition) is 3. The summed E-state index contributed by atoms with van der Waals surface area (Å²) in [6.45, 7) is 8.89.